The van der Waals surface area contributed by atoms with E-state index in [2.05, 4.69) is 20.4 Å². The first-order valence-electron chi connectivity index (χ1n) is 8.87. The quantitative estimate of drug-likeness (QED) is 0.553. The number of benzene rings is 2. The number of hydrogen-bond acceptors (Lipinski definition) is 5. The second kappa shape index (κ2) is 7.11. The first-order chi connectivity index (χ1) is 13.5. The third kappa shape index (κ3) is 3.68. The number of rotatable bonds is 5. The summed E-state index contributed by atoms with van der Waals surface area (Å²) in [7, 11) is 0. The number of carbonyl (C=O) groups is 1. The van der Waals surface area contributed by atoms with Gasteiger partial charge in [0.2, 0.25) is 0 Å². The third-order valence-corrected chi connectivity index (χ3v) is 4.33. The number of fused-ring (bicyclic) bond motifs is 1. The van der Waals surface area contributed by atoms with Gasteiger partial charge in [-0.15, -0.1) is 5.10 Å². The smallest absolute Gasteiger partial charge is 0.307 e. The Hall–Kier alpha value is -3.74. The molecule has 0 fully saturated rings. The molecule has 4 rings (SSSR count). The minimum absolute atomic E-state index is 0.00186. The second-order valence-electron chi connectivity index (χ2n) is 6.69. The zero-order valence-electron chi connectivity index (χ0n) is 15.5. The SMILES string of the molecule is Cc1ccc(-c2nc3nc(C)cc(Nc4ccc(CC(=O)O)cc4)n3n2)cc1. The second-order valence-corrected chi connectivity index (χ2v) is 6.69. The molecule has 4 aromatic rings. The van der Waals surface area contributed by atoms with Crippen molar-refractivity contribution in [3.8, 4) is 11.4 Å². The highest BCUT2D eigenvalue weighted by atomic mass is 16.4. The Morgan fingerprint density at radius 3 is 2.43 bits per heavy atom. The lowest BCUT2D eigenvalue weighted by molar-refractivity contribution is -0.136. The molecule has 0 saturated heterocycles. The Morgan fingerprint density at radius 1 is 1.04 bits per heavy atom. The molecule has 0 saturated carbocycles. The van der Waals surface area contributed by atoms with Gasteiger partial charge in [-0.1, -0.05) is 42.0 Å². The van der Waals surface area contributed by atoms with E-state index in [-0.39, 0.29) is 6.42 Å². The minimum Gasteiger partial charge on any atom is -0.481 e. The van der Waals surface area contributed by atoms with Crippen molar-refractivity contribution in [3.63, 3.8) is 0 Å². The largest absolute Gasteiger partial charge is 0.481 e. The van der Waals surface area contributed by atoms with Crippen molar-refractivity contribution in [2.24, 2.45) is 0 Å². The van der Waals surface area contributed by atoms with Crippen molar-refractivity contribution in [2.45, 2.75) is 20.3 Å². The van der Waals surface area contributed by atoms with Crippen LogP contribution in [-0.2, 0) is 11.2 Å². The number of aromatic nitrogens is 4. The number of anilines is 2. The van der Waals surface area contributed by atoms with Crippen LogP contribution in [0.3, 0.4) is 0 Å². The lowest BCUT2D eigenvalue weighted by Gasteiger charge is -2.09. The van der Waals surface area contributed by atoms with Crippen LogP contribution in [0.4, 0.5) is 11.5 Å². The van der Waals surface area contributed by atoms with E-state index in [1.165, 1.54) is 5.56 Å². The molecule has 0 aliphatic rings. The van der Waals surface area contributed by atoms with E-state index in [0.29, 0.717) is 11.6 Å². The first-order valence-corrected chi connectivity index (χ1v) is 8.87. The number of nitrogens with one attached hydrogen (secondary N) is 1. The van der Waals surface area contributed by atoms with E-state index >= 15 is 0 Å². The Balaban J connectivity index is 1.68. The van der Waals surface area contributed by atoms with Gasteiger partial charge in [-0.05, 0) is 31.5 Å². The van der Waals surface area contributed by atoms with Gasteiger partial charge in [0, 0.05) is 23.0 Å². The van der Waals surface area contributed by atoms with Crippen molar-refractivity contribution in [3.05, 3.63) is 71.4 Å². The highest BCUT2D eigenvalue weighted by molar-refractivity contribution is 5.70. The molecular weight excluding hydrogens is 354 g/mol. The maximum atomic E-state index is 10.8. The Labute approximate surface area is 161 Å². The molecule has 0 aliphatic heterocycles. The van der Waals surface area contributed by atoms with Crippen LogP contribution in [0.25, 0.3) is 17.2 Å². The van der Waals surface area contributed by atoms with Gasteiger partial charge in [0.25, 0.3) is 5.78 Å². The molecule has 0 aliphatic carbocycles. The summed E-state index contributed by atoms with van der Waals surface area (Å²) < 4.78 is 1.67. The molecular formula is C21H19N5O2. The van der Waals surface area contributed by atoms with Gasteiger partial charge in [0.15, 0.2) is 5.82 Å². The van der Waals surface area contributed by atoms with E-state index in [4.69, 9.17) is 5.11 Å². The van der Waals surface area contributed by atoms with Crippen LogP contribution < -0.4 is 5.32 Å². The van der Waals surface area contributed by atoms with Crippen molar-refractivity contribution in [1.82, 2.24) is 19.6 Å². The maximum absolute atomic E-state index is 10.8. The molecule has 140 valence electrons. The zero-order valence-corrected chi connectivity index (χ0v) is 15.5. The minimum atomic E-state index is -0.849. The van der Waals surface area contributed by atoms with E-state index in [9.17, 15) is 4.79 Å². The highest BCUT2D eigenvalue weighted by Crippen LogP contribution is 2.22. The number of carboxylic acids is 1. The monoisotopic (exact) mass is 373 g/mol. The van der Waals surface area contributed by atoms with E-state index in [1.807, 2.05) is 56.3 Å². The topological polar surface area (TPSA) is 92.4 Å². The number of aliphatic carboxylic acids is 1. The zero-order chi connectivity index (χ0) is 19.7. The molecule has 28 heavy (non-hydrogen) atoms. The van der Waals surface area contributed by atoms with Crippen LogP contribution in [0.2, 0.25) is 0 Å². The number of hydrogen-bond donors (Lipinski definition) is 2. The van der Waals surface area contributed by atoms with E-state index < -0.39 is 5.97 Å². The molecule has 0 amide bonds. The summed E-state index contributed by atoms with van der Waals surface area (Å²) in [6.07, 6.45) is 0.00186. The summed E-state index contributed by atoms with van der Waals surface area (Å²) in [6, 6.07) is 17.2. The van der Waals surface area contributed by atoms with Gasteiger partial charge in [-0.3, -0.25) is 4.79 Å². The van der Waals surface area contributed by atoms with E-state index in [0.717, 1.165) is 28.3 Å². The van der Waals surface area contributed by atoms with Crippen molar-refractivity contribution in [2.75, 3.05) is 5.32 Å². The fourth-order valence-electron chi connectivity index (χ4n) is 2.93. The van der Waals surface area contributed by atoms with Crippen LogP contribution in [0.1, 0.15) is 16.8 Å². The molecule has 2 aromatic carbocycles. The summed E-state index contributed by atoms with van der Waals surface area (Å²) in [5.74, 6) is 1.01. The fraction of sp³-hybridized carbons (Fsp3) is 0.143. The number of carboxylic acid groups (broad SMARTS) is 1. The average Bonchev–Trinajstić information content (AvgIpc) is 3.07. The van der Waals surface area contributed by atoms with E-state index in [1.54, 1.807) is 16.6 Å². The molecule has 2 heterocycles. The average molecular weight is 373 g/mol. The Bertz CT molecular complexity index is 1150. The lowest BCUT2D eigenvalue weighted by Crippen LogP contribution is -2.03. The molecule has 0 radical (unpaired) electrons. The van der Waals surface area contributed by atoms with Crippen LogP contribution in [0, 0.1) is 13.8 Å². The predicted octanol–water partition coefficient (Wildman–Crippen LogP) is 3.78. The predicted molar refractivity (Wildman–Crippen MR) is 107 cm³/mol. The lowest BCUT2D eigenvalue weighted by atomic mass is 10.1. The van der Waals surface area contributed by atoms with Crippen LogP contribution in [0.15, 0.2) is 54.6 Å². The molecule has 2 N–H and O–H groups in total. The Morgan fingerprint density at radius 2 is 1.75 bits per heavy atom. The molecule has 7 nitrogen and oxygen atoms in total. The molecule has 0 atom stereocenters. The molecule has 2 aromatic heterocycles. The summed E-state index contributed by atoms with van der Waals surface area (Å²) >= 11 is 0. The molecule has 0 bridgehead atoms. The summed E-state index contributed by atoms with van der Waals surface area (Å²) in [6.45, 7) is 3.94. The standard InChI is InChI=1S/C21H19N5O2/c1-13-3-7-16(8-4-13)20-24-21-22-14(2)11-18(26(21)25-20)23-17-9-5-15(6-10-17)12-19(27)28/h3-11,23H,12H2,1-2H3,(H,27,28). The summed E-state index contributed by atoms with van der Waals surface area (Å²) in [4.78, 5) is 19.9. The maximum Gasteiger partial charge on any atom is 0.307 e. The van der Waals surface area contributed by atoms with Crippen LogP contribution in [-0.4, -0.2) is 30.7 Å². The fourth-order valence-corrected chi connectivity index (χ4v) is 2.93. The van der Waals surface area contributed by atoms with Gasteiger partial charge in [-0.25, -0.2) is 4.98 Å². The van der Waals surface area contributed by atoms with Crippen molar-refractivity contribution in [1.29, 1.82) is 0 Å². The first kappa shape index (κ1) is 17.7. The highest BCUT2D eigenvalue weighted by Gasteiger charge is 2.12. The molecule has 0 spiro atoms. The van der Waals surface area contributed by atoms with Gasteiger partial charge in [0.05, 0.1) is 6.42 Å². The van der Waals surface area contributed by atoms with Gasteiger partial charge in [0.1, 0.15) is 5.82 Å². The van der Waals surface area contributed by atoms with Crippen molar-refractivity contribution >= 4 is 23.3 Å². The van der Waals surface area contributed by atoms with Gasteiger partial charge >= 0.3 is 5.97 Å². The Kier molecular flexibility index (Phi) is 4.49. The van der Waals surface area contributed by atoms with Gasteiger partial charge in [-0.2, -0.15) is 9.50 Å². The molecule has 0 unspecified atom stereocenters. The van der Waals surface area contributed by atoms with Gasteiger partial charge < -0.3 is 10.4 Å². The van der Waals surface area contributed by atoms with Crippen molar-refractivity contribution < 1.29 is 9.90 Å². The summed E-state index contributed by atoms with van der Waals surface area (Å²) in [5, 5.41) is 16.8. The van der Waals surface area contributed by atoms with Crippen LogP contribution >= 0.6 is 0 Å². The number of nitrogens with zero attached hydrogens (tertiary/aromatic N) is 4. The van der Waals surface area contributed by atoms with Crippen LogP contribution in [0.5, 0.6) is 0 Å². The molecule has 7 heteroatoms. The third-order valence-electron chi connectivity index (χ3n) is 4.33. The number of aryl methyl sites for hydroxylation is 2. The summed E-state index contributed by atoms with van der Waals surface area (Å²) in [5.41, 5.74) is 4.50. The normalized spacial score (nSPS) is 10.9.